The molecule has 5 rings (SSSR count). The van der Waals surface area contributed by atoms with Gasteiger partial charge in [0.15, 0.2) is 5.82 Å². The molecule has 1 aromatic carbocycles. The van der Waals surface area contributed by atoms with Crippen molar-refractivity contribution in [2.24, 2.45) is 7.05 Å². The predicted molar refractivity (Wildman–Crippen MR) is 120 cm³/mol. The van der Waals surface area contributed by atoms with Crippen molar-refractivity contribution < 1.29 is 13.6 Å². The highest BCUT2D eigenvalue weighted by Gasteiger charge is 2.27. The van der Waals surface area contributed by atoms with Gasteiger partial charge in [0.05, 0.1) is 16.9 Å². The van der Waals surface area contributed by atoms with Crippen LogP contribution in [0.4, 0.5) is 14.6 Å². The number of hydrogen-bond acceptors (Lipinski definition) is 6. The summed E-state index contributed by atoms with van der Waals surface area (Å²) in [5.41, 5.74) is 4.43. The Morgan fingerprint density at radius 3 is 2.67 bits per heavy atom. The number of alkyl halides is 2. The largest absolute Gasteiger partial charge is 0.352 e. The van der Waals surface area contributed by atoms with Gasteiger partial charge in [0.25, 0.3) is 6.43 Å². The van der Waals surface area contributed by atoms with Crippen LogP contribution in [0.3, 0.4) is 0 Å². The number of aryl methyl sites for hydroxylation is 3. The van der Waals surface area contributed by atoms with Crippen LogP contribution in [0.1, 0.15) is 34.6 Å². The maximum atomic E-state index is 13.1. The lowest BCUT2D eigenvalue weighted by atomic mass is 10.0. The normalized spacial score (nSPS) is 13.7. The quantitative estimate of drug-likeness (QED) is 0.330. The molecule has 0 atom stereocenters. The maximum absolute atomic E-state index is 13.1. The molecule has 0 N–H and O–H groups in total. The summed E-state index contributed by atoms with van der Waals surface area (Å²) in [6.07, 6.45) is -1.39. The van der Waals surface area contributed by atoms with Gasteiger partial charge in [-0.2, -0.15) is 10.2 Å². The smallest absolute Gasteiger partial charge is 0.282 e. The Labute approximate surface area is 192 Å². The first-order chi connectivity index (χ1) is 15.8. The second-order valence-electron chi connectivity index (χ2n) is 8.07. The van der Waals surface area contributed by atoms with Gasteiger partial charge >= 0.3 is 0 Å². The minimum atomic E-state index is -2.63. The first-order valence-electron chi connectivity index (χ1n) is 10.3. The van der Waals surface area contributed by atoms with Crippen LogP contribution in [-0.4, -0.2) is 42.5 Å². The van der Waals surface area contributed by atoms with Gasteiger partial charge < -0.3 is 4.90 Å². The van der Waals surface area contributed by atoms with Gasteiger partial charge in [-0.15, -0.1) is 0 Å². The molecule has 3 aromatic heterocycles. The Kier molecular flexibility index (Phi) is 5.12. The lowest BCUT2D eigenvalue weighted by molar-refractivity contribution is 0.145. The van der Waals surface area contributed by atoms with Gasteiger partial charge in [0.2, 0.25) is 6.41 Å². The highest BCUT2D eigenvalue weighted by molar-refractivity contribution is 6.30. The molecule has 0 saturated carbocycles. The van der Waals surface area contributed by atoms with E-state index in [2.05, 4.69) is 15.2 Å². The van der Waals surface area contributed by atoms with Gasteiger partial charge in [0.1, 0.15) is 16.7 Å². The molecule has 0 fully saturated rings. The van der Waals surface area contributed by atoms with Crippen LogP contribution in [0.5, 0.6) is 0 Å². The third kappa shape index (κ3) is 3.45. The molecule has 0 radical (unpaired) electrons. The molecule has 4 aromatic rings. The molecule has 8 nitrogen and oxygen atoms in total. The van der Waals surface area contributed by atoms with Crippen molar-refractivity contribution in [1.82, 2.24) is 29.5 Å². The van der Waals surface area contributed by atoms with Crippen LogP contribution in [0.15, 0.2) is 18.2 Å². The third-order valence-corrected chi connectivity index (χ3v) is 6.33. The van der Waals surface area contributed by atoms with E-state index in [-0.39, 0.29) is 5.69 Å². The average molecular weight is 472 g/mol. The maximum Gasteiger partial charge on any atom is 0.282 e. The van der Waals surface area contributed by atoms with Crippen molar-refractivity contribution in [3.63, 3.8) is 0 Å². The van der Waals surface area contributed by atoms with E-state index in [0.29, 0.717) is 53.9 Å². The highest BCUT2D eigenvalue weighted by atomic mass is 35.5. The Bertz CT molecular complexity index is 1410. The number of fused-ring (bicyclic) bond motifs is 2. The number of carbonyl (C=O) groups is 1. The number of benzene rings is 1. The van der Waals surface area contributed by atoms with Crippen molar-refractivity contribution in [2.75, 3.05) is 11.4 Å². The molecule has 33 heavy (non-hydrogen) atoms. The van der Waals surface area contributed by atoms with E-state index in [1.54, 1.807) is 7.05 Å². The summed E-state index contributed by atoms with van der Waals surface area (Å²) in [5.74, 6) is 1.07. The summed E-state index contributed by atoms with van der Waals surface area (Å²) >= 11 is 6.62. The van der Waals surface area contributed by atoms with Crippen LogP contribution in [0.25, 0.3) is 22.3 Å². The fourth-order valence-electron chi connectivity index (χ4n) is 4.45. The van der Waals surface area contributed by atoms with Gasteiger partial charge in [-0.3, -0.25) is 9.48 Å². The molecular weight excluding hydrogens is 452 g/mol. The van der Waals surface area contributed by atoms with Crippen LogP contribution < -0.4 is 4.90 Å². The Morgan fingerprint density at radius 2 is 1.97 bits per heavy atom. The number of nitrogens with zero attached hydrogens (tertiary/aromatic N) is 7. The molecule has 0 unspecified atom stereocenters. The van der Waals surface area contributed by atoms with Crippen molar-refractivity contribution in [3.05, 3.63) is 51.6 Å². The molecule has 0 spiro atoms. The molecule has 0 saturated heterocycles. The van der Waals surface area contributed by atoms with Crippen LogP contribution in [-0.2, 0) is 24.8 Å². The summed E-state index contributed by atoms with van der Waals surface area (Å²) in [6.45, 7) is 4.76. The Hall–Kier alpha value is -3.40. The van der Waals surface area contributed by atoms with Gasteiger partial charge in [-0.05, 0) is 25.5 Å². The summed E-state index contributed by atoms with van der Waals surface area (Å²) in [5, 5.41) is 9.33. The molecular formula is C22H20ClF2N7O. The summed E-state index contributed by atoms with van der Waals surface area (Å²) < 4.78 is 28.9. The number of carbonyl (C=O) groups excluding carboxylic acids is 1. The Balaban J connectivity index is 1.57. The van der Waals surface area contributed by atoms with E-state index in [4.69, 9.17) is 16.6 Å². The van der Waals surface area contributed by atoms with E-state index >= 15 is 0 Å². The van der Waals surface area contributed by atoms with Crippen LogP contribution in [0, 0.1) is 13.8 Å². The lowest BCUT2D eigenvalue weighted by Gasteiger charge is -2.30. The van der Waals surface area contributed by atoms with E-state index in [1.807, 2.05) is 30.9 Å². The molecule has 0 amide bonds. The van der Waals surface area contributed by atoms with Crippen LogP contribution >= 0.6 is 11.6 Å². The van der Waals surface area contributed by atoms with Gasteiger partial charge in [-0.25, -0.2) is 23.4 Å². The molecule has 1 aliphatic rings. The number of anilines is 1. The fraction of sp³-hybridized carbons (Fsp3) is 0.318. The zero-order chi connectivity index (χ0) is 23.4. The zero-order valence-electron chi connectivity index (χ0n) is 18.2. The van der Waals surface area contributed by atoms with E-state index in [1.165, 1.54) is 15.4 Å². The first-order valence-corrected chi connectivity index (χ1v) is 10.7. The fourth-order valence-corrected chi connectivity index (χ4v) is 4.70. The standard InChI is InChI=1S/C22H20ClF2N7O/c1-11-4-5-16-19(12(2)28-32(16)10-33)18(11)22-26-14-6-7-31(9-13(14)20(23)27-22)17-8-15(21(24)25)29-30(17)3/h4-5,8,10,21H,6-7,9H2,1-3H3. The predicted octanol–water partition coefficient (Wildman–Crippen LogP) is 4.04. The molecule has 1 aliphatic heterocycles. The second-order valence-corrected chi connectivity index (χ2v) is 8.43. The van der Waals surface area contributed by atoms with Crippen LogP contribution in [0.2, 0.25) is 5.15 Å². The average Bonchev–Trinajstić information content (AvgIpc) is 3.33. The number of hydrogen-bond donors (Lipinski definition) is 0. The second kappa shape index (κ2) is 7.87. The molecule has 0 aliphatic carbocycles. The van der Waals surface area contributed by atoms with E-state index < -0.39 is 6.43 Å². The summed E-state index contributed by atoms with van der Waals surface area (Å²) in [7, 11) is 1.64. The molecule has 11 heteroatoms. The molecule has 4 heterocycles. The molecule has 170 valence electrons. The van der Waals surface area contributed by atoms with Gasteiger partial charge in [-0.1, -0.05) is 17.7 Å². The highest BCUT2D eigenvalue weighted by Crippen LogP contribution is 2.35. The SMILES string of the molecule is Cc1ccc2c(c(C)nn2C=O)c1-c1nc(Cl)c2c(n1)CCN(c1cc(C(F)F)nn1C)C2. The number of aromatic nitrogens is 6. The van der Waals surface area contributed by atoms with Crippen molar-refractivity contribution in [1.29, 1.82) is 0 Å². The third-order valence-electron chi connectivity index (χ3n) is 6.01. The van der Waals surface area contributed by atoms with Crippen molar-refractivity contribution in [2.45, 2.75) is 33.2 Å². The van der Waals surface area contributed by atoms with E-state index in [9.17, 15) is 13.6 Å². The Morgan fingerprint density at radius 1 is 1.18 bits per heavy atom. The number of rotatable bonds is 4. The topological polar surface area (TPSA) is 81.7 Å². The van der Waals surface area contributed by atoms with Crippen molar-refractivity contribution in [3.8, 4) is 11.4 Å². The van der Waals surface area contributed by atoms with Crippen molar-refractivity contribution >= 4 is 34.7 Å². The number of halogens is 3. The van der Waals surface area contributed by atoms with E-state index in [0.717, 1.165) is 27.8 Å². The summed E-state index contributed by atoms with van der Waals surface area (Å²) in [4.78, 5) is 22.8. The van der Waals surface area contributed by atoms with Gasteiger partial charge in [0, 0.05) is 49.1 Å². The monoisotopic (exact) mass is 471 g/mol. The molecule has 0 bridgehead atoms. The zero-order valence-corrected chi connectivity index (χ0v) is 18.9. The minimum Gasteiger partial charge on any atom is -0.352 e. The summed E-state index contributed by atoms with van der Waals surface area (Å²) in [6, 6.07) is 5.15. The lowest BCUT2D eigenvalue weighted by Crippen LogP contribution is -2.33. The minimum absolute atomic E-state index is 0.259. The first kappa shape index (κ1) is 21.4.